The second-order valence-corrected chi connectivity index (χ2v) is 4.17. The Morgan fingerprint density at radius 1 is 1.35 bits per heavy atom. The second-order valence-electron chi connectivity index (χ2n) is 4.17. The van der Waals surface area contributed by atoms with Gasteiger partial charge in [0.25, 0.3) is 5.91 Å². The van der Waals surface area contributed by atoms with Crippen LogP contribution < -0.4 is 0 Å². The van der Waals surface area contributed by atoms with Gasteiger partial charge in [-0.05, 0) is 24.6 Å². The lowest BCUT2D eigenvalue weighted by Crippen LogP contribution is -2.36. The Kier molecular flexibility index (Phi) is 3.13. The largest absolute Gasteiger partial charge is 0.512 e. The standard InChI is InChI=1S/C13H14FNO2/c1-9-12(16)6-7-15(13(9)17)8-10-2-4-11(14)5-3-10/h2-5,16H,6-8H2,1H3. The molecule has 0 fully saturated rings. The van der Waals surface area contributed by atoms with Crippen LogP contribution in [-0.2, 0) is 11.3 Å². The van der Waals surface area contributed by atoms with E-state index in [0.29, 0.717) is 25.1 Å². The van der Waals surface area contributed by atoms with Crippen molar-refractivity contribution in [3.63, 3.8) is 0 Å². The van der Waals surface area contributed by atoms with Gasteiger partial charge in [-0.1, -0.05) is 12.1 Å². The molecule has 1 aliphatic rings. The number of carbonyl (C=O) groups excluding carboxylic acids is 1. The van der Waals surface area contributed by atoms with Gasteiger partial charge in [0.15, 0.2) is 0 Å². The fraction of sp³-hybridized carbons (Fsp3) is 0.308. The Morgan fingerprint density at radius 3 is 2.65 bits per heavy atom. The lowest BCUT2D eigenvalue weighted by molar-refractivity contribution is -0.128. The van der Waals surface area contributed by atoms with Gasteiger partial charge in [-0.2, -0.15) is 0 Å². The maximum Gasteiger partial charge on any atom is 0.253 e. The molecule has 1 aromatic carbocycles. The topological polar surface area (TPSA) is 40.5 Å². The van der Waals surface area contributed by atoms with Crippen molar-refractivity contribution < 1.29 is 14.3 Å². The predicted octanol–water partition coefficient (Wildman–Crippen LogP) is 2.39. The number of amides is 1. The molecular weight excluding hydrogens is 221 g/mol. The Labute approximate surface area is 99.2 Å². The van der Waals surface area contributed by atoms with Gasteiger partial charge in [-0.3, -0.25) is 4.79 Å². The summed E-state index contributed by atoms with van der Waals surface area (Å²) in [5.74, 6) is -0.268. The lowest BCUT2D eigenvalue weighted by Gasteiger charge is -2.27. The molecule has 1 aliphatic heterocycles. The number of hydrogen-bond acceptors (Lipinski definition) is 2. The zero-order valence-corrected chi connectivity index (χ0v) is 9.61. The Balaban J connectivity index is 2.11. The van der Waals surface area contributed by atoms with Crippen LogP contribution in [0.15, 0.2) is 35.6 Å². The van der Waals surface area contributed by atoms with Crippen molar-refractivity contribution in [1.29, 1.82) is 0 Å². The van der Waals surface area contributed by atoms with Crippen LogP contribution in [-0.4, -0.2) is 22.5 Å². The van der Waals surface area contributed by atoms with E-state index in [-0.39, 0.29) is 17.5 Å². The molecule has 3 nitrogen and oxygen atoms in total. The van der Waals surface area contributed by atoms with Gasteiger partial charge in [0.05, 0.1) is 5.57 Å². The van der Waals surface area contributed by atoms with Crippen LogP contribution in [0.25, 0.3) is 0 Å². The highest BCUT2D eigenvalue weighted by atomic mass is 19.1. The Morgan fingerprint density at radius 2 is 2.00 bits per heavy atom. The molecule has 1 heterocycles. The van der Waals surface area contributed by atoms with Crippen molar-refractivity contribution in [3.8, 4) is 0 Å². The molecular formula is C13H14FNO2. The number of carbonyl (C=O) groups is 1. The molecule has 1 N–H and O–H groups in total. The van der Waals surface area contributed by atoms with E-state index in [9.17, 15) is 14.3 Å². The van der Waals surface area contributed by atoms with Gasteiger partial charge < -0.3 is 10.0 Å². The van der Waals surface area contributed by atoms with Crippen molar-refractivity contribution in [2.75, 3.05) is 6.54 Å². The Hall–Kier alpha value is -1.84. The molecule has 0 spiro atoms. The number of hydrogen-bond donors (Lipinski definition) is 1. The number of aliphatic hydroxyl groups excluding tert-OH is 1. The molecule has 0 atom stereocenters. The summed E-state index contributed by atoms with van der Waals surface area (Å²) < 4.78 is 12.7. The molecule has 1 aromatic rings. The fourth-order valence-corrected chi connectivity index (χ4v) is 1.85. The van der Waals surface area contributed by atoms with Crippen molar-refractivity contribution in [2.45, 2.75) is 19.9 Å². The molecule has 90 valence electrons. The number of nitrogens with zero attached hydrogens (tertiary/aromatic N) is 1. The van der Waals surface area contributed by atoms with Crippen LogP contribution in [0.3, 0.4) is 0 Å². The van der Waals surface area contributed by atoms with Gasteiger partial charge in [-0.25, -0.2) is 4.39 Å². The van der Waals surface area contributed by atoms with Gasteiger partial charge in [0.1, 0.15) is 11.6 Å². The summed E-state index contributed by atoms with van der Waals surface area (Å²) in [7, 11) is 0. The van der Waals surface area contributed by atoms with Crippen LogP contribution in [0.2, 0.25) is 0 Å². The van der Waals surface area contributed by atoms with Gasteiger partial charge in [0.2, 0.25) is 0 Å². The minimum Gasteiger partial charge on any atom is -0.512 e. The SMILES string of the molecule is CC1=C(O)CCN(Cc2ccc(F)cc2)C1=O. The highest BCUT2D eigenvalue weighted by Crippen LogP contribution is 2.18. The van der Waals surface area contributed by atoms with Gasteiger partial charge >= 0.3 is 0 Å². The van der Waals surface area contributed by atoms with Gasteiger partial charge in [-0.15, -0.1) is 0 Å². The first kappa shape index (κ1) is 11.6. The van der Waals surface area contributed by atoms with E-state index >= 15 is 0 Å². The third-order valence-electron chi connectivity index (χ3n) is 2.95. The normalized spacial score (nSPS) is 16.6. The monoisotopic (exact) mass is 235 g/mol. The van der Waals surface area contributed by atoms with Crippen molar-refractivity contribution in [3.05, 3.63) is 47.0 Å². The molecule has 0 saturated heterocycles. The molecule has 0 radical (unpaired) electrons. The highest BCUT2D eigenvalue weighted by molar-refractivity contribution is 5.94. The predicted molar refractivity (Wildman–Crippen MR) is 61.8 cm³/mol. The van der Waals surface area contributed by atoms with Crippen molar-refractivity contribution in [2.24, 2.45) is 0 Å². The van der Waals surface area contributed by atoms with E-state index in [4.69, 9.17) is 0 Å². The first-order chi connectivity index (χ1) is 8.08. The second kappa shape index (κ2) is 4.57. The molecule has 0 aromatic heterocycles. The molecule has 4 heteroatoms. The average Bonchev–Trinajstić information content (AvgIpc) is 2.33. The zero-order valence-electron chi connectivity index (χ0n) is 9.61. The van der Waals surface area contributed by atoms with Crippen LogP contribution in [0, 0.1) is 5.82 Å². The molecule has 1 amide bonds. The van der Waals surface area contributed by atoms with Crippen molar-refractivity contribution >= 4 is 5.91 Å². The van der Waals surface area contributed by atoms with E-state index in [1.54, 1.807) is 24.0 Å². The highest BCUT2D eigenvalue weighted by Gasteiger charge is 2.23. The average molecular weight is 235 g/mol. The maximum absolute atomic E-state index is 12.7. The first-order valence-electron chi connectivity index (χ1n) is 5.50. The molecule has 0 bridgehead atoms. The smallest absolute Gasteiger partial charge is 0.253 e. The summed E-state index contributed by atoms with van der Waals surface area (Å²) in [5, 5.41) is 9.45. The lowest BCUT2D eigenvalue weighted by atomic mass is 10.1. The number of rotatable bonds is 2. The quantitative estimate of drug-likeness (QED) is 0.855. The summed E-state index contributed by atoms with van der Waals surface area (Å²) in [6, 6.07) is 6.08. The van der Waals surface area contributed by atoms with E-state index < -0.39 is 0 Å². The molecule has 0 aliphatic carbocycles. The van der Waals surface area contributed by atoms with Gasteiger partial charge in [0, 0.05) is 19.5 Å². The van der Waals surface area contributed by atoms with Crippen LogP contribution in [0.5, 0.6) is 0 Å². The summed E-state index contributed by atoms with van der Waals surface area (Å²) in [5.41, 5.74) is 1.28. The minimum absolute atomic E-state index is 0.155. The summed E-state index contributed by atoms with van der Waals surface area (Å²) in [6.45, 7) is 2.57. The Bertz CT molecular complexity index is 465. The third-order valence-corrected chi connectivity index (χ3v) is 2.95. The number of benzene rings is 1. The molecule has 0 unspecified atom stereocenters. The van der Waals surface area contributed by atoms with E-state index in [2.05, 4.69) is 0 Å². The van der Waals surface area contributed by atoms with Crippen LogP contribution >= 0.6 is 0 Å². The summed E-state index contributed by atoms with van der Waals surface area (Å²) in [6.07, 6.45) is 0.485. The molecule has 0 saturated carbocycles. The van der Waals surface area contributed by atoms with Crippen LogP contribution in [0.1, 0.15) is 18.9 Å². The zero-order chi connectivity index (χ0) is 12.4. The minimum atomic E-state index is -0.285. The summed E-state index contributed by atoms with van der Waals surface area (Å²) in [4.78, 5) is 13.5. The van der Waals surface area contributed by atoms with E-state index in [1.807, 2.05) is 0 Å². The number of halogens is 1. The van der Waals surface area contributed by atoms with E-state index in [1.165, 1.54) is 12.1 Å². The molecule has 2 rings (SSSR count). The van der Waals surface area contributed by atoms with E-state index in [0.717, 1.165) is 5.56 Å². The third kappa shape index (κ3) is 2.46. The first-order valence-corrected chi connectivity index (χ1v) is 5.50. The summed E-state index contributed by atoms with van der Waals surface area (Å²) >= 11 is 0. The van der Waals surface area contributed by atoms with Crippen LogP contribution in [0.4, 0.5) is 4.39 Å². The van der Waals surface area contributed by atoms with Crippen molar-refractivity contribution in [1.82, 2.24) is 4.90 Å². The number of aliphatic hydroxyl groups is 1. The fourth-order valence-electron chi connectivity index (χ4n) is 1.85. The molecule has 17 heavy (non-hydrogen) atoms. The maximum atomic E-state index is 12.7.